The van der Waals surface area contributed by atoms with Gasteiger partial charge in [-0.2, -0.15) is 5.10 Å². The second-order valence-corrected chi connectivity index (χ2v) is 5.23. The molecule has 2 aromatic heterocycles. The summed E-state index contributed by atoms with van der Waals surface area (Å²) in [6, 6.07) is 8.99. The second kappa shape index (κ2) is 7.00. The molecule has 1 aromatic carbocycles. The summed E-state index contributed by atoms with van der Waals surface area (Å²) in [5.74, 6) is 0.476. The molecule has 0 aliphatic heterocycles. The van der Waals surface area contributed by atoms with Gasteiger partial charge in [0, 0.05) is 36.3 Å². The van der Waals surface area contributed by atoms with Crippen LogP contribution in [0.15, 0.2) is 49.1 Å². The standard InChI is InChI=1S/C17H18FN5/c1-2-15-9-17(21-12-20-15)19-10-14-5-4-13(8-16(14)18)11-23-7-3-6-22-23/h3-9,12H,2,10-11H2,1H3,(H,19,20,21). The molecule has 0 saturated carbocycles. The Balaban J connectivity index is 1.66. The van der Waals surface area contributed by atoms with Gasteiger partial charge in [-0.15, -0.1) is 0 Å². The van der Waals surface area contributed by atoms with Crippen LogP contribution in [0.4, 0.5) is 10.2 Å². The minimum Gasteiger partial charge on any atom is -0.366 e. The van der Waals surface area contributed by atoms with Crippen LogP contribution in [0.2, 0.25) is 0 Å². The van der Waals surface area contributed by atoms with E-state index in [0.717, 1.165) is 17.7 Å². The molecule has 6 heteroatoms. The summed E-state index contributed by atoms with van der Waals surface area (Å²) >= 11 is 0. The third-order valence-corrected chi connectivity index (χ3v) is 3.57. The van der Waals surface area contributed by atoms with E-state index in [4.69, 9.17) is 0 Å². The maximum atomic E-state index is 14.2. The van der Waals surface area contributed by atoms with E-state index >= 15 is 0 Å². The molecule has 0 aliphatic rings. The van der Waals surface area contributed by atoms with E-state index in [1.54, 1.807) is 23.0 Å². The number of aromatic nitrogens is 4. The van der Waals surface area contributed by atoms with Gasteiger partial charge >= 0.3 is 0 Å². The highest BCUT2D eigenvalue weighted by Crippen LogP contribution is 2.14. The monoisotopic (exact) mass is 311 g/mol. The fourth-order valence-corrected chi connectivity index (χ4v) is 2.29. The van der Waals surface area contributed by atoms with Crippen molar-refractivity contribution in [3.8, 4) is 0 Å². The molecule has 1 N–H and O–H groups in total. The minimum absolute atomic E-state index is 0.230. The first-order valence-electron chi connectivity index (χ1n) is 7.54. The van der Waals surface area contributed by atoms with E-state index in [1.807, 2.05) is 31.3 Å². The summed E-state index contributed by atoms with van der Waals surface area (Å²) in [6.07, 6.45) is 5.92. The van der Waals surface area contributed by atoms with Gasteiger partial charge in [0.2, 0.25) is 0 Å². The summed E-state index contributed by atoms with van der Waals surface area (Å²) in [6.45, 7) is 2.97. The first-order chi connectivity index (χ1) is 11.2. The van der Waals surface area contributed by atoms with Gasteiger partial charge in [0.25, 0.3) is 0 Å². The van der Waals surface area contributed by atoms with Crippen molar-refractivity contribution in [3.05, 3.63) is 71.7 Å². The van der Waals surface area contributed by atoms with Crippen LogP contribution in [0.25, 0.3) is 0 Å². The highest BCUT2D eigenvalue weighted by molar-refractivity contribution is 5.37. The minimum atomic E-state index is -0.230. The lowest BCUT2D eigenvalue weighted by Crippen LogP contribution is -2.06. The topological polar surface area (TPSA) is 55.6 Å². The maximum Gasteiger partial charge on any atom is 0.129 e. The summed E-state index contributed by atoms with van der Waals surface area (Å²) in [7, 11) is 0. The number of rotatable bonds is 6. The van der Waals surface area contributed by atoms with E-state index in [2.05, 4.69) is 20.4 Å². The molecule has 0 radical (unpaired) electrons. The summed E-state index contributed by atoms with van der Waals surface area (Å²) in [4.78, 5) is 8.29. The van der Waals surface area contributed by atoms with Gasteiger partial charge in [-0.1, -0.05) is 19.1 Å². The first-order valence-corrected chi connectivity index (χ1v) is 7.54. The molecule has 0 aliphatic carbocycles. The predicted molar refractivity (Wildman–Crippen MR) is 86.5 cm³/mol. The van der Waals surface area contributed by atoms with E-state index in [9.17, 15) is 4.39 Å². The lowest BCUT2D eigenvalue weighted by molar-refractivity contribution is 0.605. The number of hydrogen-bond acceptors (Lipinski definition) is 4. The van der Waals surface area contributed by atoms with Gasteiger partial charge in [-0.05, 0) is 24.1 Å². The number of hydrogen-bond donors (Lipinski definition) is 1. The van der Waals surface area contributed by atoms with Crippen LogP contribution in [-0.4, -0.2) is 19.7 Å². The fraction of sp³-hybridized carbons (Fsp3) is 0.235. The van der Waals surface area contributed by atoms with Crippen LogP contribution in [0.3, 0.4) is 0 Å². The first kappa shape index (κ1) is 15.1. The molecular weight excluding hydrogens is 293 g/mol. The average molecular weight is 311 g/mol. The number of anilines is 1. The molecule has 0 atom stereocenters. The van der Waals surface area contributed by atoms with Crippen molar-refractivity contribution < 1.29 is 4.39 Å². The SMILES string of the molecule is CCc1cc(NCc2ccc(Cn3cccn3)cc2F)ncn1. The van der Waals surface area contributed by atoms with Crippen LogP contribution in [-0.2, 0) is 19.5 Å². The molecule has 23 heavy (non-hydrogen) atoms. The highest BCUT2D eigenvalue weighted by Gasteiger charge is 2.05. The Labute approximate surface area is 134 Å². The fourth-order valence-electron chi connectivity index (χ4n) is 2.29. The van der Waals surface area contributed by atoms with Crippen LogP contribution in [0, 0.1) is 5.82 Å². The number of halogens is 1. The number of benzene rings is 1. The molecule has 0 bridgehead atoms. The Hall–Kier alpha value is -2.76. The molecule has 0 spiro atoms. The quantitative estimate of drug-likeness (QED) is 0.760. The van der Waals surface area contributed by atoms with E-state index in [-0.39, 0.29) is 5.82 Å². The smallest absolute Gasteiger partial charge is 0.129 e. The van der Waals surface area contributed by atoms with Crippen molar-refractivity contribution in [1.29, 1.82) is 0 Å². The molecule has 118 valence electrons. The van der Waals surface area contributed by atoms with Crippen molar-refractivity contribution in [2.24, 2.45) is 0 Å². The Morgan fingerprint density at radius 2 is 2.13 bits per heavy atom. The Morgan fingerprint density at radius 1 is 1.22 bits per heavy atom. The molecule has 2 heterocycles. The summed E-state index contributed by atoms with van der Waals surface area (Å²) in [5.41, 5.74) is 2.44. The summed E-state index contributed by atoms with van der Waals surface area (Å²) < 4.78 is 16.0. The average Bonchev–Trinajstić information content (AvgIpc) is 3.07. The normalized spacial score (nSPS) is 10.7. The van der Waals surface area contributed by atoms with Gasteiger partial charge < -0.3 is 5.32 Å². The van der Waals surface area contributed by atoms with Crippen molar-refractivity contribution in [2.45, 2.75) is 26.4 Å². The van der Waals surface area contributed by atoms with Crippen LogP contribution in [0.5, 0.6) is 0 Å². The number of aryl methyl sites for hydroxylation is 1. The van der Waals surface area contributed by atoms with Crippen LogP contribution in [0.1, 0.15) is 23.7 Å². The molecule has 3 rings (SSSR count). The summed E-state index contributed by atoms with van der Waals surface area (Å²) in [5, 5.41) is 7.26. The van der Waals surface area contributed by atoms with E-state index < -0.39 is 0 Å². The Morgan fingerprint density at radius 3 is 2.87 bits per heavy atom. The van der Waals surface area contributed by atoms with Gasteiger partial charge in [-0.25, -0.2) is 14.4 Å². The zero-order chi connectivity index (χ0) is 16.1. The molecule has 0 fully saturated rings. The van der Waals surface area contributed by atoms with Gasteiger partial charge in [0.1, 0.15) is 18.0 Å². The third kappa shape index (κ3) is 3.91. The molecule has 0 saturated heterocycles. The maximum absolute atomic E-state index is 14.2. The van der Waals surface area contributed by atoms with Gasteiger partial charge in [-0.3, -0.25) is 4.68 Å². The largest absolute Gasteiger partial charge is 0.366 e. The molecule has 5 nitrogen and oxygen atoms in total. The van der Waals surface area contributed by atoms with E-state index in [0.29, 0.717) is 24.5 Å². The van der Waals surface area contributed by atoms with Crippen LogP contribution >= 0.6 is 0 Å². The van der Waals surface area contributed by atoms with Crippen LogP contribution < -0.4 is 5.32 Å². The third-order valence-electron chi connectivity index (χ3n) is 3.57. The van der Waals surface area contributed by atoms with Crippen molar-refractivity contribution in [1.82, 2.24) is 19.7 Å². The Kier molecular flexibility index (Phi) is 4.61. The van der Waals surface area contributed by atoms with Crippen molar-refractivity contribution in [2.75, 3.05) is 5.32 Å². The molecular formula is C17H18FN5. The zero-order valence-electron chi connectivity index (χ0n) is 12.9. The zero-order valence-corrected chi connectivity index (χ0v) is 12.9. The lowest BCUT2D eigenvalue weighted by Gasteiger charge is -2.09. The number of nitrogens with zero attached hydrogens (tertiary/aromatic N) is 4. The Bertz CT molecular complexity index is 770. The lowest BCUT2D eigenvalue weighted by atomic mass is 10.1. The van der Waals surface area contributed by atoms with E-state index in [1.165, 1.54) is 6.33 Å². The predicted octanol–water partition coefficient (Wildman–Crippen LogP) is 3.04. The second-order valence-electron chi connectivity index (χ2n) is 5.23. The molecule has 0 amide bonds. The van der Waals surface area contributed by atoms with Gasteiger partial charge in [0.05, 0.1) is 6.54 Å². The van der Waals surface area contributed by atoms with Crippen molar-refractivity contribution >= 4 is 5.82 Å². The van der Waals surface area contributed by atoms with Gasteiger partial charge in [0.15, 0.2) is 0 Å². The van der Waals surface area contributed by atoms with Crippen molar-refractivity contribution in [3.63, 3.8) is 0 Å². The molecule has 0 unspecified atom stereocenters. The number of nitrogens with one attached hydrogen (secondary N) is 1. The highest BCUT2D eigenvalue weighted by atomic mass is 19.1. The molecule has 3 aromatic rings.